The summed E-state index contributed by atoms with van der Waals surface area (Å²) in [5, 5.41) is 3.40. The first kappa shape index (κ1) is 18.3. The molecule has 3 amide bonds. The maximum Gasteiger partial charge on any atom is 0.325 e. The highest BCUT2D eigenvalue weighted by Crippen LogP contribution is 2.34. The van der Waals surface area contributed by atoms with Crippen LogP contribution in [0.15, 0.2) is 65.2 Å². The molecule has 6 nitrogen and oxygen atoms in total. The summed E-state index contributed by atoms with van der Waals surface area (Å²) in [7, 11) is 0. The third kappa shape index (κ3) is 3.05. The Morgan fingerprint density at radius 2 is 1.82 bits per heavy atom. The van der Waals surface area contributed by atoms with Crippen LogP contribution in [-0.2, 0) is 16.9 Å². The average molecular weight is 396 g/mol. The largest absolute Gasteiger partial charge is 0.439 e. The second-order valence-corrected chi connectivity index (χ2v) is 7.01. The van der Waals surface area contributed by atoms with Crippen molar-refractivity contribution in [3.8, 4) is 11.3 Å². The zero-order chi connectivity index (χ0) is 19.7. The van der Waals surface area contributed by atoms with Crippen LogP contribution in [0.5, 0.6) is 0 Å². The molecule has 0 unspecified atom stereocenters. The fourth-order valence-electron chi connectivity index (χ4n) is 3.40. The van der Waals surface area contributed by atoms with Crippen LogP contribution in [0.1, 0.15) is 24.8 Å². The Morgan fingerprint density at radius 1 is 1.11 bits per heavy atom. The van der Waals surface area contributed by atoms with E-state index < -0.39 is 11.6 Å². The third-order valence-corrected chi connectivity index (χ3v) is 5.20. The minimum atomic E-state index is -1.11. The molecule has 1 atom stereocenters. The van der Waals surface area contributed by atoms with Gasteiger partial charge in [-0.25, -0.2) is 9.78 Å². The van der Waals surface area contributed by atoms with Gasteiger partial charge in [0.05, 0.1) is 6.20 Å². The normalized spacial score (nSPS) is 19.1. The second-order valence-electron chi connectivity index (χ2n) is 6.57. The number of oxazole rings is 1. The third-order valence-electron chi connectivity index (χ3n) is 4.95. The smallest absolute Gasteiger partial charge is 0.325 e. The van der Waals surface area contributed by atoms with E-state index in [1.54, 1.807) is 30.5 Å². The van der Waals surface area contributed by atoms with Gasteiger partial charge in [0.2, 0.25) is 5.89 Å². The van der Waals surface area contributed by atoms with Crippen LogP contribution in [-0.4, -0.2) is 21.8 Å². The second kappa shape index (κ2) is 7.13. The number of urea groups is 1. The van der Waals surface area contributed by atoms with Gasteiger partial charge in [-0.2, -0.15) is 0 Å². The number of hydrogen-bond acceptors (Lipinski definition) is 4. The zero-order valence-electron chi connectivity index (χ0n) is 15.2. The lowest BCUT2D eigenvalue weighted by Gasteiger charge is -2.25. The molecule has 3 aromatic rings. The van der Waals surface area contributed by atoms with E-state index in [4.69, 9.17) is 16.0 Å². The fourth-order valence-corrected chi connectivity index (χ4v) is 3.52. The summed E-state index contributed by atoms with van der Waals surface area (Å²) in [6.07, 6.45) is 2.01. The van der Waals surface area contributed by atoms with Gasteiger partial charge in [0.25, 0.3) is 5.91 Å². The van der Waals surface area contributed by atoms with E-state index in [-0.39, 0.29) is 12.5 Å². The number of aromatic nitrogens is 1. The van der Waals surface area contributed by atoms with Crippen molar-refractivity contribution in [3.63, 3.8) is 0 Å². The van der Waals surface area contributed by atoms with Crippen molar-refractivity contribution >= 4 is 23.5 Å². The number of imide groups is 1. The molecule has 1 aliphatic heterocycles. The van der Waals surface area contributed by atoms with Gasteiger partial charge >= 0.3 is 6.03 Å². The van der Waals surface area contributed by atoms with E-state index in [1.165, 1.54) is 0 Å². The molecule has 7 heteroatoms. The van der Waals surface area contributed by atoms with Gasteiger partial charge < -0.3 is 9.73 Å². The molecular formula is C21H18ClN3O3. The minimum Gasteiger partial charge on any atom is -0.439 e. The van der Waals surface area contributed by atoms with Gasteiger partial charge in [-0.05, 0) is 24.1 Å². The number of amides is 3. The standard InChI is InChI=1S/C21H18ClN3O3/c1-2-21(15-8-10-16(22)11-9-15)19(26)25(20(27)24-21)13-18-23-12-17(28-18)14-6-4-3-5-7-14/h3-12H,2,13H2,1H3,(H,24,27)/t21-/m0/s1. The number of carbonyl (C=O) groups excluding carboxylic acids is 2. The molecule has 1 N–H and O–H groups in total. The molecule has 0 saturated carbocycles. The molecule has 2 heterocycles. The van der Waals surface area contributed by atoms with Crippen molar-refractivity contribution in [2.75, 3.05) is 0 Å². The molecule has 28 heavy (non-hydrogen) atoms. The van der Waals surface area contributed by atoms with Crippen molar-refractivity contribution in [1.29, 1.82) is 0 Å². The molecule has 1 fully saturated rings. The molecule has 1 aliphatic rings. The van der Waals surface area contributed by atoms with Gasteiger partial charge in [-0.15, -0.1) is 0 Å². The summed E-state index contributed by atoms with van der Waals surface area (Å²) < 4.78 is 5.75. The highest BCUT2D eigenvalue weighted by Gasteiger charge is 2.51. The monoisotopic (exact) mass is 395 g/mol. The molecule has 142 valence electrons. The fraction of sp³-hybridized carbons (Fsp3) is 0.190. The van der Waals surface area contributed by atoms with Crippen LogP contribution in [0.2, 0.25) is 5.02 Å². The summed E-state index contributed by atoms with van der Waals surface area (Å²) in [5.74, 6) is 0.550. The Balaban J connectivity index is 1.59. The number of halogens is 1. The Labute approximate surface area is 167 Å². The Bertz CT molecular complexity index is 1020. The first-order valence-corrected chi connectivity index (χ1v) is 9.31. The van der Waals surface area contributed by atoms with Crippen LogP contribution in [0.4, 0.5) is 4.79 Å². The first-order chi connectivity index (χ1) is 13.5. The maximum absolute atomic E-state index is 13.2. The van der Waals surface area contributed by atoms with Crippen molar-refractivity contribution in [2.45, 2.75) is 25.4 Å². The Morgan fingerprint density at radius 3 is 2.50 bits per heavy atom. The van der Waals surface area contributed by atoms with Gasteiger partial charge in [0, 0.05) is 10.6 Å². The van der Waals surface area contributed by atoms with E-state index >= 15 is 0 Å². The highest BCUT2D eigenvalue weighted by molar-refractivity contribution is 6.30. The molecule has 2 aromatic carbocycles. The van der Waals surface area contributed by atoms with Gasteiger partial charge in [-0.3, -0.25) is 9.69 Å². The van der Waals surface area contributed by atoms with Crippen LogP contribution < -0.4 is 5.32 Å². The number of nitrogens with zero attached hydrogens (tertiary/aromatic N) is 2. The lowest BCUT2D eigenvalue weighted by atomic mass is 9.87. The molecule has 1 saturated heterocycles. The summed E-state index contributed by atoms with van der Waals surface area (Å²) in [6.45, 7) is 1.82. The highest BCUT2D eigenvalue weighted by atomic mass is 35.5. The lowest BCUT2D eigenvalue weighted by Crippen LogP contribution is -2.43. The molecular weight excluding hydrogens is 378 g/mol. The van der Waals surface area contributed by atoms with Gasteiger partial charge in [0.1, 0.15) is 12.1 Å². The molecule has 4 rings (SSSR count). The number of hydrogen-bond donors (Lipinski definition) is 1. The van der Waals surface area contributed by atoms with E-state index in [1.807, 2.05) is 37.3 Å². The molecule has 0 radical (unpaired) electrons. The van der Waals surface area contributed by atoms with Crippen molar-refractivity contribution in [2.24, 2.45) is 0 Å². The van der Waals surface area contributed by atoms with Gasteiger partial charge in [-0.1, -0.05) is 61.0 Å². The Kier molecular flexibility index (Phi) is 4.65. The number of carbonyl (C=O) groups is 2. The van der Waals surface area contributed by atoms with Crippen molar-refractivity contribution in [1.82, 2.24) is 15.2 Å². The molecule has 1 aromatic heterocycles. The molecule has 0 aliphatic carbocycles. The molecule has 0 spiro atoms. The average Bonchev–Trinajstić information content (AvgIpc) is 3.28. The first-order valence-electron chi connectivity index (χ1n) is 8.94. The summed E-state index contributed by atoms with van der Waals surface area (Å²) in [4.78, 5) is 31.1. The van der Waals surface area contributed by atoms with E-state index in [9.17, 15) is 9.59 Å². The topological polar surface area (TPSA) is 75.4 Å². The van der Waals surface area contributed by atoms with Crippen molar-refractivity contribution in [3.05, 3.63) is 77.3 Å². The Hall–Kier alpha value is -3.12. The minimum absolute atomic E-state index is 0.0349. The number of nitrogens with one attached hydrogen (secondary N) is 1. The van der Waals surface area contributed by atoms with Crippen LogP contribution >= 0.6 is 11.6 Å². The zero-order valence-corrected chi connectivity index (χ0v) is 15.9. The van der Waals surface area contributed by atoms with E-state index in [0.717, 1.165) is 10.5 Å². The summed E-state index contributed by atoms with van der Waals surface area (Å²) in [5.41, 5.74) is 0.455. The van der Waals surface area contributed by atoms with E-state index in [2.05, 4.69) is 10.3 Å². The molecule has 0 bridgehead atoms. The van der Waals surface area contributed by atoms with E-state index in [0.29, 0.717) is 28.7 Å². The summed E-state index contributed by atoms with van der Waals surface area (Å²) >= 11 is 5.96. The van der Waals surface area contributed by atoms with Crippen LogP contribution in [0.25, 0.3) is 11.3 Å². The van der Waals surface area contributed by atoms with Crippen LogP contribution in [0.3, 0.4) is 0 Å². The predicted octanol–water partition coefficient (Wildman–Crippen LogP) is 4.35. The quantitative estimate of drug-likeness (QED) is 0.651. The van der Waals surface area contributed by atoms with Crippen molar-refractivity contribution < 1.29 is 14.0 Å². The van der Waals surface area contributed by atoms with Crippen LogP contribution in [0, 0.1) is 0 Å². The lowest BCUT2D eigenvalue weighted by molar-refractivity contribution is -0.132. The number of benzene rings is 2. The van der Waals surface area contributed by atoms with Gasteiger partial charge in [0.15, 0.2) is 5.76 Å². The maximum atomic E-state index is 13.2. The number of rotatable bonds is 5. The summed E-state index contributed by atoms with van der Waals surface area (Å²) in [6, 6.07) is 16.0. The predicted molar refractivity (Wildman–Crippen MR) is 104 cm³/mol. The SMILES string of the molecule is CC[C@@]1(c2ccc(Cl)cc2)NC(=O)N(Cc2ncc(-c3ccccc3)o2)C1=O.